The molecule has 0 spiro atoms. The fraction of sp³-hybridized carbons (Fsp3) is 0.389. The van der Waals surface area contributed by atoms with Gasteiger partial charge in [-0.3, -0.25) is 4.79 Å². The Balaban J connectivity index is 1.89. The van der Waals surface area contributed by atoms with Gasteiger partial charge in [0.2, 0.25) is 5.91 Å². The Labute approximate surface area is 159 Å². The van der Waals surface area contributed by atoms with Crippen molar-refractivity contribution in [2.75, 3.05) is 11.9 Å². The minimum absolute atomic E-state index is 0.00597. The lowest BCUT2D eigenvalue weighted by Gasteiger charge is -2.19. The van der Waals surface area contributed by atoms with Crippen molar-refractivity contribution in [3.63, 3.8) is 0 Å². The Hall–Kier alpha value is -3.04. The van der Waals surface area contributed by atoms with Crippen LogP contribution in [0.5, 0.6) is 0 Å². The van der Waals surface area contributed by atoms with Crippen LogP contribution >= 0.6 is 0 Å². The molecule has 2 aromatic rings. The maximum absolute atomic E-state index is 12.8. The molecule has 2 N–H and O–H groups in total. The van der Waals surface area contributed by atoms with E-state index in [2.05, 4.69) is 15.7 Å². The number of amides is 2. The summed E-state index contributed by atoms with van der Waals surface area (Å²) < 4.78 is 44.7. The van der Waals surface area contributed by atoms with Crippen molar-refractivity contribution in [3.05, 3.63) is 42.2 Å². The molecule has 28 heavy (non-hydrogen) atoms. The lowest BCUT2D eigenvalue weighted by molar-refractivity contribution is -0.137. The van der Waals surface area contributed by atoms with Crippen LogP contribution < -0.4 is 10.6 Å². The van der Waals surface area contributed by atoms with Crippen molar-refractivity contribution in [2.24, 2.45) is 0 Å². The molecule has 0 bridgehead atoms. The molecule has 0 aliphatic heterocycles. The molecule has 7 nitrogen and oxygen atoms in total. The summed E-state index contributed by atoms with van der Waals surface area (Å²) in [6, 6.07) is 4.68. The van der Waals surface area contributed by atoms with E-state index in [9.17, 15) is 22.8 Å². The van der Waals surface area contributed by atoms with Gasteiger partial charge < -0.3 is 15.4 Å². The summed E-state index contributed by atoms with van der Waals surface area (Å²) in [5, 5.41) is 8.98. The second kappa shape index (κ2) is 8.32. The first-order valence-corrected chi connectivity index (χ1v) is 8.43. The van der Waals surface area contributed by atoms with Crippen molar-refractivity contribution in [3.8, 4) is 5.69 Å². The fourth-order valence-corrected chi connectivity index (χ4v) is 2.17. The largest absolute Gasteiger partial charge is 0.444 e. The first-order chi connectivity index (χ1) is 12.9. The zero-order chi connectivity index (χ0) is 20.9. The van der Waals surface area contributed by atoms with E-state index in [0.717, 1.165) is 12.1 Å². The molecular weight excluding hydrogens is 377 g/mol. The summed E-state index contributed by atoms with van der Waals surface area (Å²) in [5.41, 5.74) is -0.898. The van der Waals surface area contributed by atoms with E-state index < -0.39 is 23.4 Å². The molecule has 2 amide bonds. The molecule has 1 aromatic carbocycles. The molecule has 0 unspecified atom stereocenters. The number of nitrogens with zero attached hydrogens (tertiary/aromatic N) is 2. The van der Waals surface area contributed by atoms with E-state index in [1.807, 2.05) is 0 Å². The Morgan fingerprint density at radius 2 is 1.93 bits per heavy atom. The number of benzene rings is 1. The van der Waals surface area contributed by atoms with E-state index >= 15 is 0 Å². The molecule has 2 rings (SSSR count). The number of nitrogens with one attached hydrogen (secondary N) is 2. The second-order valence-electron chi connectivity index (χ2n) is 6.95. The quantitative estimate of drug-likeness (QED) is 0.804. The number of aromatic nitrogens is 2. The number of alkyl halides is 3. The summed E-state index contributed by atoms with van der Waals surface area (Å²) in [4.78, 5) is 23.4. The van der Waals surface area contributed by atoms with Crippen LogP contribution in [0.2, 0.25) is 0 Å². The van der Waals surface area contributed by atoms with Crippen molar-refractivity contribution >= 4 is 17.7 Å². The Morgan fingerprint density at radius 1 is 1.21 bits per heavy atom. The Bertz CT molecular complexity index is 841. The van der Waals surface area contributed by atoms with Gasteiger partial charge in [-0.05, 0) is 39.0 Å². The van der Waals surface area contributed by atoms with Crippen LogP contribution in [0.25, 0.3) is 5.69 Å². The van der Waals surface area contributed by atoms with Crippen LogP contribution in [-0.2, 0) is 15.7 Å². The monoisotopic (exact) mass is 398 g/mol. The summed E-state index contributed by atoms with van der Waals surface area (Å²) in [6.45, 7) is 5.24. The number of hydrogen-bond donors (Lipinski definition) is 2. The highest BCUT2D eigenvalue weighted by atomic mass is 19.4. The van der Waals surface area contributed by atoms with E-state index in [0.29, 0.717) is 5.69 Å². The Morgan fingerprint density at radius 3 is 2.57 bits per heavy atom. The number of carbonyl (C=O) groups excluding carboxylic acids is 2. The number of halogens is 3. The average molecular weight is 398 g/mol. The third-order valence-electron chi connectivity index (χ3n) is 3.32. The molecule has 0 atom stereocenters. The first-order valence-electron chi connectivity index (χ1n) is 8.43. The third kappa shape index (κ3) is 6.60. The summed E-state index contributed by atoms with van der Waals surface area (Å²) in [5.74, 6) is -0.389. The zero-order valence-electron chi connectivity index (χ0n) is 15.6. The van der Waals surface area contributed by atoms with Gasteiger partial charge in [0, 0.05) is 13.0 Å². The van der Waals surface area contributed by atoms with Gasteiger partial charge in [-0.2, -0.15) is 18.3 Å². The number of alkyl carbamates (subject to hydrolysis) is 1. The molecule has 0 fully saturated rings. The Kier molecular flexibility index (Phi) is 6.32. The smallest absolute Gasteiger partial charge is 0.416 e. The van der Waals surface area contributed by atoms with Crippen molar-refractivity contribution in [1.29, 1.82) is 0 Å². The van der Waals surface area contributed by atoms with Crippen LogP contribution in [0.15, 0.2) is 36.7 Å². The lowest BCUT2D eigenvalue weighted by atomic mass is 10.2. The average Bonchev–Trinajstić information content (AvgIpc) is 3.01. The lowest BCUT2D eigenvalue weighted by Crippen LogP contribution is -2.34. The van der Waals surface area contributed by atoms with Gasteiger partial charge in [-0.15, -0.1) is 0 Å². The van der Waals surface area contributed by atoms with Crippen LogP contribution in [0.1, 0.15) is 32.8 Å². The van der Waals surface area contributed by atoms with E-state index in [1.54, 1.807) is 20.8 Å². The maximum Gasteiger partial charge on any atom is 0.416 e. The molecule has 1 heterocycles. The minimum Gasteiger partial charge on any atom is -0.444 e. The van der Waals surface area contributed by atoms with E-state index in [1.165, 1.54) is 29.2 Å². The first kappa shape index (κ1) is 21.3. The van der Waals surface area contributed by atoms with Gasteiger partial charge in [0.25, 0.3) is 0 Å². The molecule has 0 saturated heterocycles. The number of anilines is 1. The second-order valence-corrected chi connectivity index (χ2v) is 6.95. The SMILES string of the molecule is CC(C)(C)OC(=O)NCCC(=O)Nc1cnn(-c2cccc(C(F)(F)F)c2)c1. The summed E-state index contributed by atoms with van der Waals surface area (Å²) in [7, 11) is 0. The number of rotatable bonds is 5. The zero-order valence-corrected chi connectivity index (χ0v) is 15.6. The van der Waals surface area contributed by atoms with Gasteiger partial charge in [0.1, 0.15) is 5.60 Å². The van der Waals surface area contributed by atoms with Gasteiger partial charge in [0.05, 0.1) is 29.3 Å². The van der Waals surface area contributed by atoms with Crippen LogP contribution in [0, 0.1) is 0 Å². The fourth-order valence-electron chi connectivity index (χ4n) is 2.17. The maximum atomic E-state index is 12.8. The molecule has 0 saturated carbocycles. The summed E-state index contributed by atoms with van der Waals surface area (Å²) >= 11 is 0. The van der Waals surface area contributed by atoms with E-state index in [4.69, 9.17) is 4.74 Å². The third-order valence-corrected chi connectivity index (χ3v) is 3.32. The van der Waals surface area contributed by atoms with Gasteiger partial charge in [-0.1, -0.05) is 6.07 Å². The molecule has 10 heteroatoms. The molecular formula is C18H21F3N4O3. The molecule has 152 valence electrons. The molecule has 0 radical (unpaired) electrons. The summed E-state index contributed by atoms with van der Waals surface area (Å²) in [6.07, 6.45) is -2.37. The number of carbonyl (C=O) groups is 2. The number of ether oxygens (including phenoxy) is 1. The van der Waals surface area contributed by atoms with Gasteiger partial charge in [0.15, 0.2) is 0 Å². The molecule has 0 aliphatic carbocycles. The van der Waals surface area contributed by atoms with E-state index in [-0.39, 0.29) is 24.6 Å². The predicted octanol–water partition coefficient (Wildman–Crippen LogP) is 3.74. The van der Waals surface area contributed by atoms with Crippen LogP contribution in [-0.4, -0.2) is 33.9 Å². The highest BCUT2D eigenvalue weighted by molar-refractivity contribution is 5.90. The molecule has 1 aromatic heterocycles. The molecule has 0 aliphatic rings. The van der Waals surface area contributed by atoms with Crippen molar-refractivity contribution < 1.29 is 27.5 Å². The normalized spacial score (nSPS) is 11.8. The van der Waals surface area contributed by atoms with Crippen molar-refractivity contribution in [1.82, 2.24) is 15.1 Å². The highest BCUT2D eigenvalue weighted by Gasteiger charge is 2.30. The highest BCUT2D eigenvalue weighted by Crippen LogP contribution is 2.30. The van der Waals surface area contributed by atoms with Crippen LogP contribution in [0.4, 0.5) is 23.7 Å². The predicted molar refractivity (Wildman–Crippen MR) is 96.0 cm³/mol. The van der Waals surface area contributed by atoms with Crippen molar-refractivity contribution in [2.45, 2.75) is 39.0 Å². The topological polar surface area (TPSA) is 85.2 Å². The number of hydrogen-bond acceptors (Lipinski definition) is 4. The van der Waals surface area contributed by atoms with Gasteiger partial charge >= 0.3 is 12.3 Å². The standard InChI is InChI=1S/C18H21F3N4O3/c1-17(2,3)28-16(27)22-8-7-15(26)24-13-10-23-25(11-13)14-6-4-5-12(9-14)18(19,20)21/h4-6,9-11H,7-8H2,1-3H3,(H,22,27)(H,24,26). The minimum atomic E-state index is -4.46. The van der Waals surface area contributed by atoms with Gasteiger partial charge in [-0.25, -0.2) is 9.48 Å². The van der Waals surface area contributed by atoms with Crippen LogP contribution in [0.3, 0.4) is 0 Å².